The smallest absolute Gasteiger partial charge is 0.324 e. The van der Waals surface area contributed by atoms with Crippen LogP contribution in [0.4, 0.5) is 10.3 Å². The maximum atomic E-state index is 14.6. The molecule has 1 aromatic carbocycles. The van der Waals surface area contributed by atoms with Crippen molar-refractivity contribution in [1.82, 2.24) is 19.5 Å². The lowest BCUT2D eigenvalue weighted by Gasteiger charge is -2.27. The topological polar surface area (TPSA) is 204 Å². The van der Waals surface area contributed by atoms with Gasteiger partial charge in [-0.25, -0.2) is 9.37 Å². The first-order valence-electron chi connectivity index (χ1n) is 12.8. The molecule has 1 saturated heterocycles. The van der Waals surface area contributed by atoms with Gasteiger partial charge in [-0.05, 0) is 19.4 Å². The minimum Gasteiger partial charge on any atom is -0.464 e. The molecule has 0 saturated carbocycles. The lowest BCUT2D eigenvalue weighted by Crippen LogP contribution is -2.50. The van der Waals surface area contributed by atoms with E-state index < -0.39 is 60.0 Å². The molecule has 0 bridgehead atoms. The van der Waals surface area contributed by atoms with Crippen molar-refractivity contribution in [3.8, 4) is 0 Å². The number of nitrogens with zero attached hydrogens (tertiary/aromatic N) is 3. The number of hydrogen-bond donors (Lipinski definition) is 3. The molecule has 220 valence electrons. The molecular formula is C26H31FN6O8. The van der Waals surface area contributed by atoms with Crippen molar-refractivity contribution in [2.75, 3.05) is 18.9 Å². The monoisotopic (exact) mass is 574 g/mol. The standard InChI is InChI=1S/C26H31FN6O8/c1-26(2,24(37)40-11-14-6-4-3-5-7-14)20(28)23(36)38-9-8-18(34)39-12-16-15(27)10-17(41-16)33-13-30-19-21(33)31-25(29)32-22(19)35/h3-7,13,15-17,20H,8-12,28H2,1-2H3,(H3,29,31,32,35)/t15-,16+,17+,20+/m0/s1. The van der Waals surface area contributed by atoms with Gasteiger partial charge in [0.2, 0.25) is 5.95 Å². The number of imidazole rings is 1. The van der Waals surface area contributed by atoms with Crippen LogP contribution in [0.1, 0.15) is 38.5 Å². The third-order valence-electron chi connectivity index (χ3n) is 6.65. The average Bonchev–Trinajstić information content (AvgIpc) is 3.53. The number of alkyl halides is 1. The van der Waals surface area contributed by atoms with Crippen LogP contribution in [-0.4, -0.2) is 69.0 Å². The molecule has 0 radical (unpaired) electrons. The zero-order chi connectivity index (χ0) is 29.7. The number of esters is 3. The number of fused-ring (bicyclic) bond motifs is 1. The summed E-state index contributed by atoms with van der Waals surface area (Å²) >= 11 is 0. The van der Waals surface area contributed by atoms with E-state index in [1.165, 1.54) is 24.7 Å². The van der Waals surface area contributed by atoms with Crippen molar-refractivity contribution < 1.29 is 37.7 Å². The molecule has 0 spiro atoms. The van der Waals surface area contributed by atoms with Crippen LogP contribution in [0.25, 0.3) is 11.2 Å². The van der Waals surface area contributed by atoms with Gasteiger partial charge in [-0.2, -0.15) is 4.98 Å². The normalized spacial score (nSPS) is 19.6. The van der Waals surface area contributed by atoms with Crippen molar-refractivity contribution in [2.24, 2.45) is 11.1 Å². The van der Waals surface area contributed by atoms with Gasteiger partial charge in [-0.3, -0.25) is 28.7 Å². The molecule has 0 unspecified atom stereocenters. The number of anilines is 1. The number of aromatic amines is 1. The number of benzene rings is 1. The van der Waals surface area contributed by atoms with Crippen LogP contribution in [0.3, 0.4) is 0 Å². The molecule has 14 nitrogen and oxygen atoms in total. The maximum Gasteiger partial charge on any atom is 0.324 e. The van der Waals surface area contributed by atoms with E-state index in [4.69, 9.17) is 30.4 Å². The Balaban J connectivity index is 1.20. The van der Waals surface area contributed by atoms with Crippen LogP contribution < -0.4 is 17.0 Å². The van der Waals surface area contributed by atoms with Crippen LogP contribution in [0.2, 0.25) is 0 Å². The van der Waals surface area contributed by atoms with E-state index >= 15 is 0 Å². The fourth-order valence-corrected chi connectivity index (χ4v) is 4.07. The van der Waals surface area contributed by atoms with E-state index in [1.54, 1.807) is 24.3 Å². The Morgan fingerprint density at radius 2 is 1.95 bits per heavy atom. The number of nitrogens with one attached hydrogen (secondary N) is 1. The second kappa shape index (κ2) is 12.4. The molecule has 1 fully saturated rings. The van der Waals surface area contributed by atoms with Crippen LogP contribution in [-0.2, 0) is 39.9 Å². The average molecular weight is 575 g/mol. The lowest BCUT2D eigenvalue weighted by atomic mass is 9.85. The van der Waals surface area contributed by atoms with E-state index in [2.05, 4.69) is 15.0 Å². The summed E-state index contributed by atoms with van der Waals surface area (Å²) in [4.78, 5) is 59.4. The van der Waals surface area contributed by atoms with Gasteiger partial charge in [0, 0.05) is 6.42 Å². The number of nitrogen functional groups attached to an aromatic ring is 1. The SMILES string of the molecule is CC(C)(C(=O)OCc1ccccc1)[C@H](N)C(=O)OCCC(=O)OC[C@H]1O[C@@H](n2cnc3c(=O)[nH]c(N)nc32)C[C@@H]1F. The molecular weight excluding hydrogens is 543 g/mol. The van der Waals surface area contributed by atoms with Gasteiger partial charge in [-0.15, -0.1) is 0 Å². The van der Waals surface area contributed by atoms with Crippen LogP contribution in [0.5, 0.6) is 0 Å². The number of halogens is 1. The van der Waals surface area contributed by atoms with Crippen LogP contribution in [0, 0.1) is 5.41 Å². The quantitative estimate of drug-likeness (QED) is 0.216. The van der Waals surface area contributed by atoms with Crippen molar-refractivity contribution in [1.29, 1.82) is 0 Å². The van der Waals surface area contributed by atoms with Crippen molar-refractivity contribution in [3.05, 3.63) is 52.6 Å². The minimum absolute atomic E-state index is 0.0200. The Morgan fingerprint density at radius 3 is 2.68 bits per heavy atom. The van der Waals surface area contributed by atoms with Crippen molar-refractivity contribution in [3.63, 3.8) is 0 Å². The summed E-state index contributed by atoms with van der Waals surface area (Å²) in [6.45, 7) is 2.17. The van der Waals surface area contributed by atoms with Gasteiger partial charge in [0.05, 0.1) is 18.2 Å². The lowest BCUT2D eigenvalue weighted by molar-refractivity contribution is -0.164. The summed E-state index contributed by atoms with van der Waals surface area (Å²) in [7, 11) is 0. The molecule has 2 aromatic heterocycles. The summed E-state index contributed by atoms with van der Waals surface area (Å²) < 4.78 is 37.1. The molecule has 15 heteroatoms. The highest BCUT2D eigenvalue weighted by Gasteiger charge is 2.42. The third kappa shape index (κ3) is 6.86. The van der Waals surface area contributed by atoms with Gasteiger partial charge in [-0.1, -0.05) is 30.3 Å². The highest BCUT2D eigenvalue weighted by Crippen LogP contribution is 2.32. The Kier molecular flexibility index (Phi) is 8.98. The minimum atomic E-state index is -1.48. The Bertz CT molecular complexity index is 1460. The second-order valence-electron chi connectivity index (χ2n) is 10.0. The van der Waals surface area contributed by atoms with Crippen molar-refractivity contribution in [2.45, 2.75) is 57.8 Å². The first-order valence-corrected chi connectivity index (χ1v) is 12.8. The van der Waals surface area contributed by atoms with Gasteiger partial charge in [0.1, 0.15) is 44.4 Å². The van der Waals surface area contributed by atoms with Gasteiger partial charge in [0.25, 0.3) is 5.56 Å². The number of carbonyl (C=O) groups is 3. The van der Waals surface area contributed by atoms with E-state index in [-0.39, 0.29) is 43.2 Å². The summed E-state index contributed by atoms with van der Waals surface area (Å²) in [5, 5.41) is 0. The number of ether oxygens (including phenoxy) is 4. The van der Waals surface area contributed by atoms with E-state index in [9.17, 15) is 23.6 Å². The first-order chi connectivity index (χ1) is 19.5. The predicted molar refractivity (Wildman–Crippen MR) is 141 cm³/mol. The Morgan fingerprint density at radius 1 is 1.22 bits per heavy atom. The van der Waals surface area contributed by atoms with E-state index in [0.717, 1.165) is 5.56 Å². The van der Waals surface area contributed by atoms with Gasteiger partial charge >= 0.3 is 17.9 Å². The highest BCUT2D eigenvalue weighted by atomic mass is 19.1. The first kappa shape index (κ1) is 29.6. The number of aromatic nitrogens is 4. The summed E-state index contributed by atoms with van der Waals surface area (Å²) in [5.41, 5.74) is 10.5. The van der Waals surface area contributed by atoms with Crippen LogP contribution >= 0.6 is 0 Å². The fourth-order valence-electron chi connectivity index (χ4n) is 4.07. The van der Waals surface area contributed by atoms with Crippen molar-refractivity contribution >= 4 is 35.0 Å². The van der Waals surface area contributed by atoms with Crippen LogP contribution in [0.15, 0.2) is 41.5 Å². The Labute approximate surface area is 233 Å². The van der Waals surface area contributed by atoms with E-state index in [1.807, 2.05) is 6.07 Å². The van der Waals surface area contributed by atoms with Gasteiger partial charge in [0.15, 0.2) is 11.2 Å². The molecule has 41 heavy (non-hydrogen) atoms. The highest BCUT2D eigenvalue weighted by molar-refractivity contribution is 5.87. The fraction of sp³-hybridized carbons (Fsp3) is 0.462. The molecule has 0 amide bonds. The Hall–Kier alpha value is -4.37. The predicted octanol–water partition coefficient (Wildman–Crippen LogP) is 0.901. The number of nitrogens with two attached hydrogens (primary N) is 2. The number of hydrogen-bond acceptors (Lipinski definition) is 12. The second-order valence-corrected chi connectivity index (χ2v) is 10.0. The van der Waals surface area contributed by atoms with Gasteiger partial charge < -0.3 is 30.4 Å². The molecule has 4 rings (SSSR count). The molecule has 3 heterocycles. The molecule has 4 atom stereocenters. The molecule has 1 aliphatic heterocycles. The largest absolute Gasteiger partial charge is 0.464 e. The summed E-state index contributed by atoms with van der Waals surface area (Å²) in [6, 6.07) is 7.67. The zero-order valence-corrected chi connectivity index (χ0v) is 22.4. The number of carbonyl (C=O) groups excluding carboxylic acids is 3. The zero-order valence-electron chi connectivity index (χ0n) is 22.4. The molecule has 5 N–H and O–H groups in total. The summed E-state index contributed by atoms with van der Waals surface area (Å²) in [6.07, 6.45) is -2.55. The van der Waals surface area contributed by atoms with E-state index in [0.29, 0.717) is 0 Å². The maximum absolute atomic E-state index is 14.6. The molecule has 3 aromatic rings. The molecule has 1 aliphatic rings. The number of rotatable bonds is 11. The molecule has 0 aliphatic carbocycles. The number of H-pyrrole nitrogens is 1. The third-order valence-corrected chi connectivity index (χ3v) is 6.65. The summed E-state index contributed by atoms with van der Waals surface area (Å²) in [5.74, 6) is -2.47.